The van der Waals surface area contributed by atoms with Crippen LogP contribution in [0.5, 0.6) is 0 Å². The fourth-order valence-electron chi connectivity index (χ4n) is 1.31. The molecular weight excluding hydrogens is 206 g/mol. The van der Waals surface area contributed by atoms with E-state index in [-0.39, 0.29) is 0 Å². The summed E-state index contributed by atoms with van der Waals surface area (Å²) in [5.74, 6) is 0. The van der Waals surface area contributed by atoms with Crippen molar-refractivity contribution in [1.82, 2.24) is 5.32 Å². The first kappa shape index (κ1) is 12.6. The summed E-state index contributed by atoms with van der Waals surface area (Å²) in [6.45, 7) is 4.76. The average molecular weight is 225 g/mol. The van der Waals surface area contributed by atoms with Crippen molar-refractivity contribution in [3.8, 4) is 0 Å². The van der Waals surface area contributed by atoms with Crippen LogP contribution < -0.4 is 5.32 Å². The minimum atomic E-state index is -0.417. The van der Waals surface area contributed by atoms with Crippen LogP contribution in [0.25, 0.3) is 0 Å². The second kappa shape index (κ2) is 6.16. The number of rotatable bonds is 5. The van der Waals surface area contributed by atoms with Crippen molar-refractivity contribution in [2.45, 2.75) is 30.9 Å². The second-order valence-corrected chi connectivity index (χ2v) is 4.74. The number of thioether (sulfide) groups is 1. The average Bonchev–Trinajstić information content (AvgIpc) is 2.26. The molecule has 1 aromatic carbocycles. The predicted octanol–water partition coefficient (Wildman–Crippen LogP) is 2.44. The standard InChI is InChI=1S/C12H19NOS/c1-9(2)13-8-12(14)10-5-4-6-11(7-10)15-3/h4-7,9,12-14H,8H2,1-3H3. The molecule has 0 aromatic heterocycles. The number of hydrogen-bond donors (Lipinski definition) is 2. The summed E-state index contributed by atoms with van der Waals surface area (Å²) in [5.41, 5.74) is 0.981. The number of aliphatic hydroxyl groups excluding tert-OH is 1. The highest BCUT2D eigenvalue weighted by Gasteiger charge is 2.07. The van der Waals surface area contributed by atoms with E-state index in [4.69, 9.17) is 0 Å². The summed E-state index contributed by atoms with van der Waals surface area (Å²) in [5, 5.41) is 13.1. The zero-order valence-corrected chi connectivity index (χ0v) is 10.3. The van der Waals surface area contributed by atoms with E-state index in [1.807, 2.05) is 24.5 Å². The lowest BCUT2D eigenvalue weighted by Crippen LogP contribution is -2.27. The minimum absolute atomic E-state index is 0.406. The van der Waals surface area contributed by atoms with Gasteiger partial charge in [-0.25, -0.2) is 0 Å². The van der Waals surface area contributed by atoms with Gasteiger partial charge in [0.25, 0.3) is 0 Å². The molecule has 1 unspecified atom stereocenters. The predicted molar refractivity (Wildman–Crippen MR) is 66.3 cm³/mol. The van der Waals surface area contributed by atoms with Crippen molar-refractivity contribution >= 4 is 11.8 Å². The molecule has 0 radical (unpaired) electrons. The minimum Gasteiger partial charge on any atom is -0.387 e. The fourth-order valence-corrected chi connectivity index (χ4v) is 1.78. The third kappa shape index (κ3) is 4.24. The molecular formula is C12H19NOS. The maximum atomic E-state index is 9.92. The van der Waals surface area contributed by atoms with Gasteiger partial charge in [-0.05, 0) is 24.0 Å². The van der Waals surface area contributed by atoms with Gasteiger partial charge in [-0.2, -0.15) is 0 Å². The van der Waals surface area contributed by atoms with E-state index < -0.39 is 6.10 Å². The topological polar surface area (TPSA) is 32.3 Å². The van der Waals surface area contributed by atoms with Gasteiger partial charge in [0.05, 0.1) is 6.10 Å². The molecule has 1 rings (SSSR count). The van der Waals surface area contributed by atoms with Crippen molar-refractivity contribution < 1.29 is 5.11 Å². The normalized spacial score (nSPS) is 13.1. The molecule has 0 bridgehead atoms. The molecule has 0 fully saturated rings. The van der Waals surface area contributed by atoms with Gasteiger partial charge < -0.3 is 10.4 Å². The van der Waals surface area contributed by atoms with Crippen molar-refractivity contribution in [3.63, 3.8) is 0 Å². The molecule has 84 valence electrons. The molecule has 0 saturated heterocycles. The van der Waals surface area contributed by atoms with Crippen molar-refractivity contribution in [2.24, 2.45) is 0 Å². The summed E-state index contributed by atoms with van der Waals surface area (Å²) in [7, 11) is 0. The van der Waals surface area contributed by atoms with Gasteiger partial charge in [0.15, 0.2) is 0 Å². The molecule has 0 amide bonds. The molecule has 0 aliphatic heterocycles. The molecule has 0 saturated carbocycles. The van der Waals surface area contributed by atoms with E-state index in [2.05, 4.69) is 25.2 Å². The van der Waals surface area contributed by atoms with Crippen molar-refractivity contribution in [1.29, 1.82) is 0 Å². The number of hydrogen-bond acceptors (Lipinski definition) is 3. The van der Waals surface area contributed by atoms with Crippen LogP contribution in [0.2, 0.25) is 0 Å². The summed E-state index contributed by atoms with van der Waals surface area (Å²) < 4.78 is 0. The number of aliphatic hydroxyl groups is 1. The molecule has 2 nitrogen and oxygen atoms in total. The van der Waals surface area contributed by atoms with Crippen LogP contribution in [0.15, 0.2) is 29.2 Å². The Kier molecular flexibility index (Phi) is 5.15. The summed E-state index contributed by atoms with van der Waals surface area (Å²) in [6.07, 6.45) is 1.62. The molecule has 2 N–H and O–H groups in total. The zero-order valence-electron chi connectivity index (χ0n) is 9.53. The Hall–Kier alpha value is -0.510. The van der Waals surface area contributed by atoms with Crippen LogP contribution >= 0.6 is 11.8 Å². The molecule has 1 atom stereocenters. The van der Waals surface area contributed by atoms with Crippen LogP contribution in [0.3, 0.4) is 0 Å². The Morgan fingerprint density at radius 2 is 2.13 bits per heavy atom. The van der Waals surface area contributed by atoms with Gasteiger partial charge in [0, 0.05) is 17.5 Å². The maximum Gasteiger partial charge on any atom is 0.0914 e. The van der Waals surface area contributed by atoms with Crippen molar-refractivity contribution in [3.05, 3.63) is 29.8 Å². The van der Waals surface area contributed by atoms with E-state index in [1.165, 1.54) is 4.90 Å². The highest BCUT2D eigenvalue weighted by atomic mass is 32.2. The first-order chi connectivity index (χ1) is 7.13. The Bertz CT molecular complexity index is 301. The largest absolute Gasteiger partial charge is 0.387 e. The first-order valence-electron chi connectivity index (χ1n) is 5.19. The highest BCUT2D eigenvalue weighted by Crippen LogP contribution is 2.20. The Balaban J connectivity index is 2.60. The Morgan fingerprint density at radius 3 is 2.73 bits per heavy atom. The smallest absolute Gasteiger partial charge is 0.0914 e. The lowest BCUT2D eigenvalue weighted by Gasteiger charge is -2.14. The lowest BCUT2D eigenvalue weighted by atomic mass is 10.1. The van der Waals surface area contributed by atoms with Gasteiger partial charge in [0.2, 0.25) is 0 Å². The molecule has 0 heterocycles. The van der Waals surface area contributed by atoms with Crippen molar-refractivity contribution in [2.75, 3.05) is 12.8 Å². The second-order valence-electron chi connectivity index (χ2n) is 3.86. The lowest BCUT2D eigenvalue weighted by molar-refractivity contribution is 0.171. The van der Waals surface area contributed by atoms with Gasteiger partial charge in [-0.15, -0.1) is 11.8 Å². The number of nitrogens with one attached hydrogen (secondary N) is 1. The number of benzene rings is 1. The SMILES string of the molecule is CSc1cccc(C(O)CNC(C)C)c1. The quantitative estimate of drug-likeness (QED) is 0.755. The Morgan fingerprint density at radius 1 is 1.40 bits per heavy atom. The maximum absolute atomic E-state index is 9.92. The van der Waals surface area contributed by atoms with E-state index >= 15 is 0 Å². The summed E-state index contributed by atoms with van der Waals surface area (Å²) in [6, 6.07) is 8.45. The summed E-state index contributed by atoms with van der Waals surface area (Å²) in [4.78, 5) is 1.19. The Labute approximate surface area is 96.1 Å². The summed E-state index contributed by atoms with van der Waals surface area (Å²) >= 11 is 1.69. The van der Waals surface area contributed by atoms with Crippen LogP contribution in [-0.4, -0.2) is 23.9 Å². The van der Waals surface area contributed by atoms with Crippen LogP contribution in [0, 0.1) is 0 Å². The molecule has 0 aliphatic carbocycles. The van der Waals surface area contributed by atoms with Crippen LogP contribution in [-0.2, 0) is 0 Å². The molecule has 15 heavy (non-hydrogen) atoms. The van der Waals surface area contributed by atoms with Crippen LogP contribution in [0.4, 0.5) is 0 Å². The fraction of sp³-hybridized carbons (Fsp3) is 0.500. The van der Waals surface area contributed by atoms with E-state index in [9.17, 15) is 5.11 Å². The monoisotopic (exact) mass is 225 g/mol. The molecule has 3 heteroatoms. The van der Waals surface area contributed by atoms with Gasteiger partial charge >= 0.3 is 0 Å². The van der Waals surface area contributed by atoms with E-state index in [0.29, 0.717) is 12.6 Å². The van der Waals surface area contributed by atoms with E-state index in [0.717, 1.165) is 5.56 Å². The van der Waals surface area contributed by atoms with Gasteiger partial charge in [-0.3, -0.25) is 0 Å². The molecule has 1 aromatic rings. The van der Waals surface area contributed by atoms with Gasteiger partial charge in [0.1, 0.15) is 0 Å². The van der Waals surface area contributed by atoms with Crippen LogP contribution in [0.1, 0.15) is 25.5 Å². The first-order valence-corrected chi connectivity index (χ1v) is 6.41. The highest BCUT2D eigenvalue weighted by molar-refractivity contribution is 7.98. The molecule has 0 aliphatic rings. The third-order valence-electron chi connectivity index (χ3n) is 2.20. The molecule has 0 spiro atoms. The third-order valence-corrected chi connectivity index (χ3v) is 2.92. The zero-order chi connectivity index (χ0) is 11.3. The van der Waals surface area contributed by atoms with E-state index in [1.54, 1.807) is 11.8 Å². The van der Waals surface area contributed by atoms with Gasteiger partial charge in [-0.1, -0.05) is 26.0 Å².